The number of carbonyl (C=O) groups is 2. The summed E-state index contributed by atoms with van der Waals surface area (Å²) in [5.74, 6) is -0.0570. The lowest BCUT2D eigenvalue weighted by atomic mass is 9.90. The zero-order valence-corrected chi connectivity index (χ0v) is 13.5. The van der Waals surface area contributed by atoms with Crippen LogP contribution >= 0.6 is 0 Å². The molecule has 2 N–H and O–H groups in total. The molecule has 0 aliphatic rings. The molecule has 1 rings (SSSR count). The van der Waals surface area contributed by atoms with Crippen LogP contribution in [0.5, 0.6) is 5.75 Å². The van der Waals surface area contributed by atoms with Crippen LogP contribution in [0, 0.1) is 5.41 Å². The summed E-state index contributed by atoms with van der Waals surface area (Å²) in [6, 6.07) is 7.80. The monoisotopic (exact) mass is 307 g/mol. The van der Waals surface area contributed by atoms with Crippen molar-refractivity contribution in [1.29, 1.82) is 0 Å². The van der Waals surface area contributed by atoms with Crippen LogP contribution in [0.1, 0.15) is 38.7 Å². The third kappa shape index (κ3) is 6.16. The van der Waals surface area contributed by atoms with Crippen molar-refractivity contribution in [1.82, 2.24) is 5.32 Å². The average Bonchev–Trinajstić information content (AvgIpc) is 2.47. The number of hydrogen-bond donors (Lipinski definition) is 2. The van der Waals surface area contributed by atoms with Crippen LogP contribution in [-0.4, -0.2) is 30.6 Å². The van der Waals surface area contributed by atoms with Gasteiger partial charge < -0.3 is 15.2 Å². The molecule has 0 atom stereocenters. The van der Waals surface area contributed by atoms with Gasteiger partial charge in [-0.2, -0.15) is 0 Å². The summed E-state index contributed by atoms with van der Waals surface area (Å²) in [6.07, 6.45) is 2.46. The number of rotatable bonds is 9. The van der Waals surface area contributed by atoms with Crippen molar-refractivity contribution in [2.24, 2.45) is 5.41 Å². The molecule has 0 radical (unpaired) electrons. The molecule has 0 aliphatic heterocycles. The van der Waals surface area contributed by atoms with E-state index in [4.69, 9.17) is 9.84 Å². The molecule has 0 aromatic heterocycles. The van der Waals surface area contributed by atoms with Gasteiger partial charge in [0.05, 0.1) is 12.5 Å². The first-order valence-electron chi connectivity index (χ1n) is 7.48. The van der Waals surface area contributed by atoms with Crippen molar-refractivity contribution in [2.75, 3.05) is 13.7 Å². The number of aliphatic carboxylic acids is 1. The number of benzene rings is 1. The maximum atomic E-state index is 11.7. The van der Waals surface area contributed by atoms with E-state index in [2.05, 4.69) is 5.32 Å². The Morgan fingerprint density at radius 3 is 2.41 bits per heavy atom. The van der Waals surface area contributed by atoms with Crippen molar-refractivity contribution in [3.8, 4) is 5.75 Å². The van der Waals surface area contributed by atoms with Crippen molar-refractivity contribution in [3.05, 3.63) is 29.8 Å². The first-order valence-corrected chi connectivity index (χ1v) is 7.48. The molecule has 0 unspecified atom stereocenters. The number of carboxylic acid groups (broad SMARTS) is 1. The molecule has 1 aromatic rings. The van der Waals surface area contributed by atoms with E-state index in [1.165, 1.54) is 5.56 Å². The number of carbonyl (C=O) groups excluding carboxylic acids is 1. The van der Waals surface area contributed by atoms with Crippen LogP contribution in [0.15, 0.2) is 24.3 Å². The minimum Gasteiger partial charge on any atom is -0.497 e. The average molecular weight is 307 g/mol. The lowest BCUT2D eigenvalue weighted by molar-refractivity contribution is -0.147. The van der Waals surface area contributed by atoms with Crippen molar-refractivity contribution < 1.29 is 19.4 Å². The number of carboxylic acids is 1. The summed E-state index contributed by atoms with van der Waals surface area (Å²) >= 11 is 0. The van der Waals surface area contributed by atoms with Crippen LogP contribution < -0.4 is 10.1 Å². The molecule has 22 heavy (non-hydrogen) atoms. The summed E-state index contributed by atoms with van der Waals surface area (Å²) in [4.78, 5) is 22.7. The van der Waals surface area contributed by atoms with Gasteiger partial charge in [0, 0.05) is 13.0 Å². The fourth-order valence-corrected chi connectivity index (χ4v) is 1.96. The Kier molecular flexibility index (Phi) is 6.89. The minimum absolute atomic E-state index is 0.0327. The van der Waals surface area contributed by atoms with Gasteiger partial charge in [-0.25, -0.2) is 0 Å². The summed E-state index contributed by atoms with van der Waals surface area (Å²) < 4.78 is 5.09. The van der Waals surface area contributed by atoms with Gasteiger partial charge in [-0.15, -0.1) is 0 Å². The Bertz CT molecular complexity index is 494. The van der Waals surface area contributed by atoms with E-state index in [0.29, 0.717) is 19.4 Å². The molecule has 5 nitrogen and oxygen atoms in total. The van der Waals surface area contributed by atoms with Gasteiger partial charge in [-0.1, -0.05) is 12.1 Å². The second-order valence-corrected chi connectivity index (χ2v) is 5.99. The first-order chi connectivity index (χ1) is 10.3. The highest BCUT2D eigenvalue weighted by Crippen LogP contribution is 2.19. The summed E-state index contributed by atoms with van der Waals surface area (Å²) in [5, 5.41) is 11.8. The van der Waals surface area contributed by atoms with E-state index in [1.54, 1.807) is 21.0 Å². The second-order valence-electron chi connectivity index (χ2n) is 5.99. The van der Waals surface area contributed by atoms with Gasteiger partial charge in [0.25, 0.3) is 0 Å². The zero-order valence-electron chi connectivity index (χ0n) is 13.5. The van der Waals surface area contributed by atoms with Crippen LogP contribution in [0.3, 0.4) is 0 Å². The number of amides is 1. The van der Waals surface area contributed by atoms with Gasteiger partial charge in [0.2, 0.25) is 5.91 Å². The third-order valence-corrected chi connectivity index (χ3v) is 3.68. The highest BCUT2D eigenvalue weighted by atomic mass is 16.5. The largest absolute Gasteiger partial charge is 0.497 e. The van der Waals surface area contributed by atoms with E-state index in [-0.39, 0.29) is 5.91 Å². The molecular weight excluding hydrogens is 282 g/mol. The van der Waals surface area contributed by atoms with Gasteiger partial charge in [0.15, 0.2) is 0 Å². The molecule has 122 valence electrons. The molecule has 0 fully saturated rings. The predicted molar refractivity (Wildman–Crippen MR) is 85.0 cm³/mol. The molecule has 0 spiro atoms. The Balaban J connectivity index is 2.21. The number of methoxy groups -OCH3 is 1. The second kappa shape index (κ2) is 8.41. The highest BCUT2D eigenvalue weighted by Gasteiger charge is 2.26. The van der Waals surface area contributed by atoms with E-state index >= 15 is 0 Å². The van der Waals surface area contributed by atoms with E-state index in [0.717, 1.165) is 18.6 Å². The molecule has 5 heteroatoms. The van der Waals surface area contributed by atoms with Gasteiger partial charge in [-0.05, 0) is 50.8 Å². The topological polar surface area (TPSA) is 75.6 Å². The fourth-order valence-electron chi connectivity index (χ4n) is 1.96. The maximum absolute atomic E-state index is 11.7. The van der Waals surface area contributed by atoms with Crippen molar-refractivity contribution >= 4 is 11.9 Å². The molecule has 0 saturated heterocycles. The molecule has 0 saturated carbocycles. The normalized spacial score (nSPS) is 11.0. The number of ether oxygens (including phenoxy) is 1. The quantitative estimate of drug-likeness (QED) is 0.735. The van der Waals surface area contributed by atoms with E-state index in [9.17, 15) is 9.59 Å². The van der Waals surface area contributed by atoms with Crippen LogP contribution in [0.2, 0.25) is 0 Å². The predicted octanol–water partition coefficient (Wildman–Crippen LogP) is 2.63. The smallest absolute Gasteiger partial charge is 0.309 e. The van der Waals surface area contributed by atoms with Crippen LogP contribution in [0.25, 0.3) is 0 Å². The summed E-state index contributed by atoms with van der Waals surface area (Å²) in [5.41, 5.74) is 0.358. The Hall–Kier alpha value is -2.04. The van der Waals surface area contributed by atoms with Gasteiger partial charge in [-0.3, -0.25) is 9.59 Å². The minimum atomic E-state index is -0.846. The third-order valence-electron chi connectivity index (χ3n) is 3.68. The zero-order chi connectivity index (χ0) is 16.6. The maximum Gasteiger partial charge on any atom is 0.309 e. The van der Waals surface area contributed by atoms with E-state index in [1.807, 2.05) is 24.3 Å². The molecule has 1 aromatic carbocycles. The summed E-state index contributed by atoms with van der Waals surface area (Å²) in [6.45, 7) is 3.71. The van der Waals surface area contributed by atoms with Crippen LogP contribution in [-0.2, 0) is 16.0 Å². The number of hydrogen-bond acceptors (Lipinski definition) is 3. The van der Waals surface area contributed by atoms with Crippen LogP contribution in [0.4, 0.5) is 0 Å². The van der Waals surface area contributed by atoms with Crippen molar-refractivity contribution in [2.45, 2.75) is 39.5 Å². The number of nitrogens with one attached hydrogen (secondary N) is 1. The molecule has 1 amide bonds. The standard InChI is InChI=1S/C17H25NO4/c1-17(2,16(20)21)11-12-18-15(19)6-4-5-13-7-9-14(22-3)10-8-13/h7-10H,4-6,11-12H2,1-3H3,(H,18,19)(H,20,21). The SMILES string of the molecule is COc1ccc(CCCC(=O)NCCC(C)(C)C(=O)O)cc1. The number of aryl methyl sites for hydroxylation is 1. The first kappa shape index (κ1) is 18.0. The Morgan fingerprint density at radius 1 is 1.23 bits per heavy atom. The Labute approximate surface area is 131 Å². The molecule has 0 aliphatic carbocycles. The lowest BCUT2D eigenvalue weighted by Crippen LogP contribution is -2.31. The Morgan fingerprint density at radius 2 is 1.86 bits per heavy atom. The van der Waals surface area contributed by atoms with Gasteiger partial charge in [0.1, 0.15) is 5.75 Å². The fraction of sp³-hybridized carbons (Fsp3) is 0.529. The summed E-state index contributed by atoms with van der Waals surface area (Å²) in [7, 11) is 1.63. The van der Waals surface area contributed by atoms with E-state index < -0.39 is 11.4 Å². The molecule has 0 bridgehead atoms. The lowest BCUT2D eigenvalue weighted by Gasteiger charge is -2.18. The highest BCUT2D eigenvalue weighted by molar-refractivity contribution is 5.76. The van der Waals surface area contributed by atoms with Crippen molar-refractivity contribution in [3.63, 3.8) is 0 Å². The van der Waals surface area contributed by atoms with Gasteiger partial charge >= 0.3 is 5.97 Å². The molecular formula is C17H25NO4. The molecule has 0 heterocycles.